The molecule has 0 saturated carbocycles. The van der Waals surface area contributed by atoms with E-state index < -0.39 is 0 Å². The van der Waals surface area contributed by atoms with Gasteiger partial charge in [0.25, 0.3) is 5.56 Å². The number of aromatic amines is 2. The molecule has 2 aromatic rings. The molecule has 0 radical (unpaired) electrons. The van der Waals surface area contributed by atoms with Crippen molar-refractivity contribution in [1.29, 1.82) is 0 Å². The molecule has 0 bridgehead atoms. The van der Waals surface area contributed by atoms with Crippen LogP contribution in [-0.4, -0.2) is 26.2 Å². The monoisotopic (exact) mass is 196 g/mol. The van der Waals surface area contributed by atoms with E-state index in [2.05, 4.69) is 19.9 Å². The normalized spacial score (nSPS) is 10.9. The molecule has 0 unspecified atom stereocenters. The van der Waals surface area contributed by atoms with E-state index in [-0.39, 0.29) is 5.56 Å². The first-order valence-corrected chi connectivity index (χ1v) is 4.94. The van der Waals surface area contributed by atoms with Crippen molar-refractivity contribution in [2.75, 3.05) is 6.26 Å². The van der Waals surface area contributed by atoms with Crippen molar-refractivity contribution in [3.8, 4) is 0 Å². The lowest BCUT2D eigenvalue weighted by Crippen LogP contribution is -2.08. The van der Waals surface area contributed by atoms with Crippen LogP contribution >= 0.6 is 11.8 Å². The van der Waals surface area contributed by atoms with Gasteiger partial charge in [0.05, 0.1) is 0 Å². The third-order valence-electron chi connectivity index (χ3n) is 1.65. The molecule has 0 spiro atoms. The standard InChI is InChI=1S/C7H8N4OS/c1-3-8-4-5(9-3)10-7(13-2)11-6(4)12/h1-2H3,(H2,8,9,10,11,12). The molecular weight excluding hydrogens is 188 g/mol. The lowest BCUT2D eigenvalue weighted by molar-refractivity contribution is 0.968. The highest BCUT2D eigenvalue weighted by atomic mass is 32.2. The van der Waals surface area contributed by atoms with E-state index in [0.29, 0.717) is 22.1 Å². The zero-order valence-electron chi connectivity index (χ0n) is 7.21. The summed E-state index contributed by atoms with van der Waals surface area (Å²) in [5.41, 5.74) is 0.746. The Hall–Kier alpha value is -1.30. The fourth-order valence-corrected chi connectivity index (χ4v) is 1.47. The fraction of sp³-hybridized carbons (Fsp3) is 0.286. The summed E-state index contributed by atoms with van der Waals surface area (Å²) in [5.74, 6) is 0.700. The van der Waals surface area contributed by atoms with Crippen LogP contribution in [0.3, 0.4) is 0 Å². The first-order valence-electron chi connectivity index (χ1n) is 3.71. The zero-order valence-corrected chi connectivity index (χ0v) is 8.03. The Morgan fingerprint density at radius 1 is 1.31 bits per heavy atom. The van der Waals surface area contributed by atoms with Crippen molar-refractivity contribution in [2.24, 2.45) is 0 Å². The minimum atomic E-state index is -0.171. The number of rotatable bonds is 1. The maximum atomic E-state index is 11.4. The van der Waals surface area contributed by atoms with Gasteiger partial charge in [-0.15, -0.1) is 0 Å². The summed E-state index contributed by atoms with van der Waals surface area (Å²) < 4.78 is 0. The van der Waals surface area contributed by atoms with Crippen molar-refractivity contribution in [2.45, 2.75) is 12.1 Å². The van der Waals surface area contributed by atoms with Gasteiger partial charge in [0.2, 0.25) is 0 Å². The Morgan fingerprint density at radius 3 is 2.77 bits per heavy atom. The van der Waals surface area contributed by atoms with Crippen LogP contribution in [0.1, 0.15) is 5.82 Å². The summed E-state index contributed by atoms with van der Waals surface area (Å²) in [6, 6.07) is 0. The molecule has 2 N–H and O–H groups in total. The maximum Gasteiger partial charge on any atom is 0.277 e. The molecule has 0 aliphatic carbocycles. The number of nitrogens with one attached hydrogen (secondary N) is 2. The first kappa shape index (κ1) is 8.31. The van der Waals surface area contributed by atoms with Gasteiger partial charge in [0.15, 0.2) is 16.3 Å². The number of hydrogen-bond donors (Lipinski definition) is 2. The second-order valence-corrected chi connectivity index (χ2v) is 3.39. The quantitative estimate of drug-likeness (QED) is 0.519. The molecule has 0 aliphatic rings. The van der Waals surface area contributed by atoms with Gasteiger partial charge >= 0.3 is 0 Å². The highest BCUT2D eigenvalue weighted by Crippen LogP contribution is 2.09. The average molecular weight is 196 g/mol. The van der Waals surface area contributed by atoms with Crippen LogP contribution in [0.2, 0.25) is 0 Å². The van der Waals surface area contributed by atoms with Crippen LogP contribution in [0.15, 0.2) is 9.95 Å². The van der Waals surface area contributed by atoms with Gasteiger partial charge in [0.1, 0.15) is 5.82 Å². The third-order valence-corrected chi connectivity index (χ3v) is 2.23. The minimum Gasteiger partial charge on any atom is -0.336 e. The molecule has 68 valence electrons. The molecule has 6 heteroatoms. The Bertz CT molecular complexity index is 501. The molecule has 0 amide bonds. The number of nitrogens with zero attached hydrogens (tertiary/aromatic N) is 2. The second kappa shape index (κ2) is 2.88. The summed E-state index contributed by atoms with van der Waals surface area (Å²) in [5, 5.41) is 0.587. The lowest BCUT2D eigenvalue weighted by atomic mass is 10.5. The third kappa shape index (κ3) is 1.33. The van der Waals surface area contributed by atoms with Gasteiger partial charge in [-0.2, -0.15) is 0 Å². The minimum absolute atomic E-state index is 0.171. The predicted molar refractivity (Wildman–Crippen MR) is 51.0 cm³/mol. The van der Waals surface area contributed by atoms with Gasteiger partial charge in [-0.1, -0.05) is 11.8 Å². The summed E-state index contributed by atoms with van der Waals surface area (Å²) in [4.78, 5) is 25.1. The van der Waals surface area contributed by atoms with E-state index in [4.69, 9.17) is 0 Å². The van der Waals surface area contributed by atoms with Crippen LogP contribution in [-0.2, 0) is 0 Å². The van der Waals surface area contributed by atoms with E-state index in [1.54, 1.807) is 6.92 Å². The molecule has 13 heavy (non-hydrogen) atoms. The number of aromatic nitrogens is 4. The van der Waals surface area contributed by atoms with Crippen molar-refractivity contribution in [3.05, 3.63) is 16.2 Å². The predicted octanol–water partition coefficient (Wildman–Crippen LogP) is 0.677. The van der Waals surface area contributed by atoms with Gasteiger partial charge < -0.3 is 4.98 Å². The van der Waals surface area contributed by atoms with E-state index in [9.17, 15) is 4.79 Å². The number of fused-ring (bicyclic) bond motifs is 1. The summed E-state index contributed by atoms with van der Waals surface area (Å²) >= 11 is 1.39. The van der Waals surface area contributed by atoms with E-state index >= 15 is 0 Å². The zero-order chi connectivity index (χ0) is 9.42. The molecular formula is C7H8N4OS. The largest absolute Gasteiger partial charge is 0.336 e. The van der Waals surface area contributed by atoms with Gasteiger partial charge in [-0.3, -0.25) is 9.78 Å². The van der Waals surface area contributed by atoms with Crippen molar-refractivity contribution < 1.29 is 0 Å². The smallest absolute Gasteiger partial charge is 0.277 e. The topological polar surface area (TPSA) is 74.4 Å². The summed E-state index contributed by atoms with van der Waals surface area (Å²) in [6.45, 7) is 1.79. The van der Waals surface area contributed by atoms with Crippen molar-refractivity contribution in [3.63, 3.8) is 0 Å². The van der Waals surface area contributed by atoms with Crippen molar-refractivity contribution in [1.82, 2.24) is 19.9 Å². The fourth-order valence-electron chi connectivity index (χ4n) is 1.10. The maximum absolute atomic E-state index is 11.4. The van der Waals surface area contributed by atoms with Crippen LogP contribution in [0.25, 0.3) is 11.2 Å². The number of imidazole rings is 1. The lowest BCUT2D eigenvalue weighted by Gasteiger charge is -1.92. The molecule has 2 aromatic heterocycles. The molecule has 0 aromatic carbocycles. The second-order valence-electron chi connectivity index (χ2n) is 2.60. The molecule has 0 atom stereocenters. The Labute approximate surface area is 78.0 Å². The van der Waals surface area contributed by atoms with Gasteiger partial charge in [-0.25, -0.2) is 9.97 Å². The summed E-state index contributed by atoms with van der Waals surface area (Å²) in [6.07, 6.45) is 1.85. The summed E-state index contributed by atoms with van der Waals surface area (Å²) in [7, 11) is 0. The number of H-pyrrole nitrogens is 2. The van der Waals surface area contributed by atoms with Crippen LogP contribution in [0, 0.1) is 6.92 Å². The number of thioether (sulfide) groups is 1. The Morgan fingerprint density at radius 2 is 2.08 bits per heavy atom. The number of aryl methyl sites for hydroxylation is 1. The molecule has 2 heterocycles. The molecule has 5 nitrogen and oxygen atoms in total. The van der Waals surface area contributed by atoms with E-state index in [0.717, 1.165) is 0 Å². The SMILES string of the molecule is CSc1nc2nc(C)[nH]c2c(=O)[nH]1. The van der Waals surface area contributed by atoms with E-state index in [1.807, 2.05) is 6.26 Å². The van der Waals surface area contributed by atoms with Crippen LogP contribution in [0.5, 0.6) is 0 Å². The van der Waals surface area contributed by atoms with Crippen LogP contribution < -0.4 is 5.56 Å². The molecule has 0 aliphatic heterocycles. The molecule has 2 rings (SSSR count). The highest BCUT2D eigenvalue weighted by Gasteiger charge is 2.06. The highest BCUT2D eigenvalue weighted by molar-refractivity contribution is 7.98. The first-order chi connectivity index (χ1) is 6.20. The molecule has 0 fully saturated rings. The Balaban J connectivity index is 2.83. The van der Waals surface area contributed by atoms with Gasteiger partial charge in [0, 0.05) is 0 Å². The van der Waals surface area contributed by atoms with Gasteiger partial charge in [-0.05, 0) is 13.2 Å². The van der Waals surface area contributed by atoms with E-state index in [1.165, 1.54) is 11.8 Å². The molecule has 0 saturated heterocycles. The average Bonchev–Trinajstić information content (AvgIpc) is 2.46. The number of hydrogen-bond acceptors (Lipinski definition) is 4. The Kier molecular flexibility index (Phi) is 1.84. The van der Waals surface area contributed by atoms with Crippen molar-refractivity contribution >= 4 is 22.9 Å². The van der Waals surface area contributed by atoms with Crippen LogP contribution in [0.4, 0.5) is 0 Å².